The number of hydrogen-bond acceptors (Lipinski definition) is 4. The maximum atomic E-state index is 12.9. The average molecular weight is 399 g/mol. The lowest BCUT2D eigenvalue weighted by molar-refractivity contribution is -0.133. The van der Waals surface area contributed by atoms with Crippen LogP contribution in [0, 0.1) is 5.92 Å². The highest BCUT2D eigenvalue weighted by Crippen LogP contribution is 2.27. The van der Waals surface area contributed by atoms with Crippen LogP contribution in [-0.4, -0.2) is 61.4 Å². The van der Waals surface area contributed by atoms with Crippen molar-refractivity contribution in [3.63, 3.8) is 0 Å². The highest BCUT2D eigenvalue weighted by Gasteiger charge is 2.30. The standard InChI is InChI=1S/C22H30N4O3/c27-20-10-9-17-6-1-2-8-19(17)26(20)15-21(28)25-12-4-5-16(14-25)13-24-22(29)18-7-3-11-23-18/h1-2,6,8,16,18,23H,3-5,7,9-15H2,(H,24,29). The normalized spacial score (nSPS) is 24.3. The van der Waals surface area contributed by atoms with Crippen molar-refractivity contribution < 1.29 is 14.4 Å². The summed E-state index contributed by atoms with van der Waals surface area (Å²) in [6.07, 6.45) is 5.07. The zero-order valence-corrected chi connectivity index (χ0v) is 16.9. The molecular formula is C22H30N4O3. The van der Waals surface area contributed by atoms with E-state index in [0.717, 1.165) is 56.4 Å². The molecule has 1 aromatic rings. The van der Waals surface area contributed by atoms with Crippen LogP contribution >= 0.6 is 0 Å². The molecule has 0 saturated carbocycles. The summed E-state index contributed by atoms with van der Waals surface area (Å²) in [4.78, 5) is 41.1. The van der Waals surface area contributed by atoms with E-state index in [0.29, 0.717) is 19.5 Å². The monoisotopic (exact) mass is 398 g/mol. The molecule has 2 fully saturated rings. The Morgan fingerprint density at radius 2 is 2.00 bits per heavy atom. The van der Waals surface area contributed by atoms with Crippen molar-refractivity contribution in [2.45, 2.75) is 44.6 Å². The summed E-state index contributed by atoms with van der Waals surface area (Å²) in [5.74, 6) is 0.342. The third-order valence-electron chi connectivity index (χ3n) is 6.30. The quantitative estimate of drug-likeness (QED) is 0.778. The van der Waals surface area contributed by atoms with Crippen molar-refractivity contribution in [3.05, 3.63) is 29.8 Å². The molecule has 7 nitrogen and oxygen atoms in total. The molecule has 4 rings (SSSR count). The molecule has 7 heteroatoms. The van der Waals surface area contributed by atoms with Gasteiger partial charge in [-0.25, -0.2) is 0 Å². The van der Waals surface area contributed by atoms with Gasteiger partial charge in [-0.15, -0.1) is 0 Å². The van der Waals surface area contributed by atoms with Gasteiger partial charge in [0.1, 0.15) is 6.54 Å². The average Bonchev–Trinajstić information content (AvgIpc) is 3.29. The largest absolute Gasteiger partial charge is 0.354 e. The van der Waals surface area contributed by atoms with E-state index in [4.69, 9.17) is 0 Å². The predicted octanol–water partition coefficient (Wildman–Crippen LogP) is 1.07. The summed E-state index contributed by atoms with van der Waals surface area (Å²) in [5, 5.41) is 6.27. The number of piperidine rings is 1. The fourth-order valence-corrected chi connectivity index (χ4v) is 4.64. The first-order valence-electron chi connectivity index (χ1n) is 10.8. The lowest BCUT2D eigenvalue weighted by atomic mass is 9.97. The number of aryl methyl sites for hydroxylation is 1. The molecule has 0 bridgehead atoms. The smallest absolute Gasteiger partial charge is 0.242 e. The molecule has 2 atom stereocenters. The Labute approximate surface area is 171 Å². The minimum absolute atomic E-state index is 0.0106. The zero-order valence-electron chi connectivity index (χ0n) is 16.9. The molecule has 2 unspecified atom stereocenters. The number of nitrogens with zero attached hydrogens (tertiary/aromatic N) is 2. The Balaban J connectivity index is 1.32. The molecule has 156 valence electrons. The van der Waals surface area contributed by atoms with Crippen molar-refractivity contribution in [3.8, 4) is 0 Å². The topological polar surface area (TPSA) is 81.8 Å². The fourth-order valence-electron chi connectivity index (χ4n) is 4.64. The Morgan fingerprint density at radius 3 is 2.83 bits per heavy atom. The van der Waals surface area contributed by atoms with Gasteiger partial charge in [-0.05, 0) is 56.2 Å². The van der Waals surface area contributed by atoms with Gasteiger partial charge in [-0.1, -0.05) is 18.2 Å². The molecule has 3 heterocycles. The van der Waals surface area contributed by atoms with E-state index in [2.05, 4.69) is 10.6 Å². The Bertz CT molecular complexity index is 775. The van der Waals surface area contributed by atoms with Gasteiger partial charge in [0, 0.05) is 31.7 Å². The van der Waals surface area contributed by atoms with Crippen LogP contribution in [0.4, 0.5) is 5.69 Å². The second-order valence-corrected chi connectivity index (χ2v) is 8.35. The number of carbonyl (C=O) groups is 3. The molecule has 3 amide bonds. The number of likely N-dealkylation sites (tertiary alicyclic amines) is 1. The molecule has 29 heavy (non-hydrogen) atoms. The number of amides is 3. The second-order valence-electron chi connectivity index (χ2n) is 8.35. The van der Waals surface area contributed by atoms with Crippen molar-refractivity contribution in [1.29, 1.82) is 0 Å². The van der Waals surface area contributed by atoms with Gasteiger partial charge in [0.05, 0.1) is 6.04 Å². The molecular weight excluding hydrogens is 368 g/mol. The van der Waals surface area contributed by atoms with Crippen molar-refractivity contribution in [2.75, 3.05) is 37.6 Å². The van der Waals surface area contributed by atoms with E-state index >= 15 is 0 Å². The Hall–Kier alpha value is -2.41. The molecule has 0 spiro atoms. The third kappa shape index (κ3) is 4.61. The van der Waals surface area contributed by atoms with Gasteiger partial charge in [0.2, 0.25) is 17.7 Å². The van der Waals surface area contributed by atoms with Crippen molar-refractivity contribution in [1.82, 2.24) is 15.5 Å². The third-order valence-corrected chi connectivity index (χ3v) is 6.30. The number of benzene rings is 1. The number of anilines is 1. The summed E-state index contributed by atoms with van der Waals surface area (Å²) in [6.45, 7) is 2.97. The van der Waals surface area contributed by atoms with Crippen molar-refractivity contribution in [2.24, 2.45) is 5.92 Å². The van der Waals surface area contributed by atoms with Crippen molar-refractivity contribution >= 4 is 23.4 Å². The number of rotatable bonds is 5. The van der Waals surface area contributed by atoms with Crippen LogP contribution in [0.15, 0.2) is 24.3 Å². The molecule has 3 aliphatic rings. The van der Waals surface area contributed by atoms with Gasteiger partial charge < -0.3 is 20.4 Å². The molecule has 2 saturated heterocycles. The summed E-state index contributed by atoms with van der Waals surface area (Å²) in [5.41, 5.74) is 1.99. The summed E-state index contributed by atoms with van der Waals surface area (Å²) in [6, 6.07) is 7.76. The van der Waals surface area contributed by atoms with Crippen LogP contribution < -0.4 is 15.5 Å². The number of para-hydroxylation sites is 1. The lowest BCUT2D eigenvalue weighted by Gasteiger charge is -2.35. The van der Waals surface area contributed by atoms with Crippen LogP contribution in [0.2, 0.25) is 0 Å². The number of nitrogens with one attached hydrogen (secondary N) is 2. The predicted molar refractivity (Wildman–Crippen MR) is 110 cm³/mol. The Kier molecular flexibility index (Phi) is 6.13. The number of fused-ring (bicyclic) bond motifs is 1. The van der Waals surface area contributed by atoms with E-state index in [1.54, 1.807) is 4.90 Å². The second kappa shape index (κ2) is 8.95. The lowest BCUT2D eigenvalue weighted by Crippen LogP contribution is -2.50. The van der Waals surface area contributed by atoms with Crippen LogP contribution in [-0.2, 0) is 20.8 Å². The van der Waals surface area contributed by atoms with E-state index in [9.17, 15) is 14.4 Å². The van der Waals surface area contributed by atoms with Gasteiger partial charge in [0.25, 0.3) is 0 Å². The molecule has 3 aliphatic heterocycles. The molecule has 0 aliphatic carbocycles. The summed E-state index contributed by atoms with van der Waals surface area (Å²) >= 11 is 0. The Morgan fingerprint density at radius 1 is 1.14 bits per heavy atom. The highest BCUT2D eigenvalue weighted by molar-refractivity contribution is 6.01. The molecule has 2 N–H and O–H groups in total. The van der Waals surface area contributed by atoms with Crippen LogP contribution in [0.3, 0.4) is 0 Å². The van der Waals surface area contributed by atoms with Gasteiger partial charge in [0.15, 0.2) is 0 Å². The maximum Gasteiger partial charge on any atom is 0.242 e. The minimum atomic E-state index is -0.0680. The van der Waals surface area contributed by atoms with E-state index in [1.165, 1.54) is 0 Å². The first-order valence-corrected chi connectivity index (χ1v) is 10.8. The van der Waals surface area contributed by atoms with Gasteiger partial charge in [-0.2, -0.15) is 0 Å². The molecule has 1 aromatic carbocycles. The fraction of sp³-hybridized carbons (Fsp3) is 0.591. The zero-order chi connectivity index (χ0) is 20.2. The maximum absolute atomic E-state index is 12.9. The SMILES string of the molecule is O=C(NCC1CCCN(C(=O)CN2C(=O)CCc3ccccc32)C1)C1CCCN1. The van der Waals surface area contributed by atoms with Crippen LogP contribution in [0.1, 0.15) is 37.7 Å². The molecule has 0 radical (unpaired) electrons. The number of hydrogen-bond donors (Lipinski definition) is 2. The number of carbonyl (C=O) groups excluding carboxylic acids is 3. The highest BCUT2D eigenvalue weighted by atomic mass is 16.2. The summed E-state index contributed by atoms with van der Waals surface area (Å²) < 4.78 is 0. The first kappa shape index (κ1) is 19.9. The van der Waals surface area contributed by atoms with E-state index < -0.39 is 0 Å². The van der Waals surface area contributed by atoms with E-state index in [1.807, 2.05) is 29.2 Å². The minimum Gasteiger partial charge on any atom is -0.354 e. The summed E-state index contributed by atoms with van der Waals surface area (Å²) in [7, 11) is 0. The van der Waals surface area contributed by atoms with Gasteiger partial charge >= 0.3 is 0 Å². The van der Waals surface area contributed by atoms with Crippen LogP contribution in [0.25, 0.3) is 0 Å². The first-order chi connectivity index (χ1) is 14.1. The molecule has 0 aromatic heterocycles. The van der Waals surface area contributed by atoms with Gasteiger partial charge in [-0.3, -0.25) is 14.4 Å². The van der Waals surface area contributed by atoms with E-state index in [-0.39, 0.29) is 36.2 Å². The van der Waals surface area contributed by atoms with Crippen LogP contribution in [0.5, 0.6) is 0 Å².